The fraction of sp³-hybridized carbons (Fsp3) is 0.188. The van der Waals surface area contributed by atoms with Gasteiger partial charge in [0.05, 0.1) is 10.6 Å². The second kappa shape index (κ2) is 7.14. The van der Waals surface area contributed by atoms with Crippen LogP contribution in [0.15, 0.2) is 53.4 Å². The summed E-state index contributed by atoms with van der Waals surface area (Å²) in [5.41, 5.74) is -0.169. The Labute approximate surface area is 142 Å². The van der Waals surface area contributed by atoms with E-state index in [-0.39, 0.29) is 28.4 Å². The Morgan fingerprint density at radius 2 is 1.80 bits per heavy atom. The van der Waals surface area contributed by atoms with Crippen molar-refractivity contribution in [1.29, 1.82) is 0 Å². The molecular formula is C16H14F3NO4S. The maximum atomic E-state index is 12.4. The number of hydrogen-bond acceptors (Lipinski definition) is 4. The number of alkyl halides is 3. The van der Waals surface area contributed by atoms with Crippen LogP contribution in [0.5, 0.6) is 5.75 Å². The third-order valence-electron chi connectivity index (χ3n) is 3.14. The van der Waals surface area contributed by atoms with Gasteiger partial charge in [-0.2, -0.15) is 0 Å². The lowest BCUT2D eigenvalue weighted by atomic mass is 10.1. The Kier molecular flexibility index (Phi) is 5.36. The molecule has 0 amide bonds. The predicted molar refractivity (Wildman–Crippen MR) is 85.0 cm³/mol. The summed E-state index contributed by atoms with van der Waals surface area (Å²) >= 11 is 0. The van der Waals surface area contributed by atoms with Gasteiger partial charge in [0.1, 0.15) is 0 Å². The molecule has 5 nitrogen and oxygen atoms in total. The average Bonchev–Trinajstić information content (AvgIpc) is 2.54. The second-order valence-electron chi connectivity index (χ2n) is 4.95. The highest BCUT2D eigenvalue weighted by molar-refractivity contribution is 7.92. The van der Waals surface area contributed by atoms with Crippen LogP contribution in [-0.2, 0) is 10.0 Å². The number of carbonyl (C=O) groups excluding carboxylic acids is 1. The number of anilines is 1. The molecule has 9 heteroatoms. The van der Waals surface area contributed by atoms with Gasteiger partial charge in [0.15, 0.2) is 11.5 Å². The van der Waals surface area contributed by atoms with Crippen molar-refractivity contribution in [2.75, 3.05) is 4.72 Å². The van der Waals surface area contributed by atoms with Crippen LogP contribution in [0.25, 0.3) is 0 Å². The lowest BCUT2D eigenvalue weighted by Crippen LogP contribution is -2.20. The largest absolute Gasteiger partial charge is 0.573 e. The summed E-state index contributed by atoms with van der Waals surface area (Å²) in [6, 6.07) is 10.0. The maximum absolute atomic E-state index is 12.4. The Hall–Kier alpha value is -2.55. The third-order valence-corrected chi connectivity index (χ3v) is 4.51. The predicted octanol–water partition coefficient (Wildman–Crippen LogP) is 3.98. The van der Waals surface area contributed by atoms with Crippen LogP contribution in [0.2, 0.25) is 0 Å². The fourth-order valence-corrected chi connectivity index (χ4v) is 3.12. The molecule has 0 saturated carbocycles. The minimum Gasteiger partial charge on any atom is -0.404 e. The smallest absolute Gasteiger partial charge is 0.404 e. The SMILES string of the molecule is CCC(=O)c1cccc(S(=O)(=O)Nc2ccccc2OC(F)(F)F)c1. The first-order valence-corrected chi connectivity index (χ1v) is 8.61. The number of nitrogens with one attached hydrogen (secondary N) is 1. The molecule has 0 spiro atoms. The minimum atomic E-state index is -4.96. The van der Waals surface area contributed by atoms with Crippen molar-refractivity contribution in [3.05, 3.63) is 54.1 Å². The molecule has 0 aromatic heterocycles. The van der Waals surface area contributed by atoms with Gasteiger partial charge in [0.2, 0.25) is 0 Å². The number of hydrogen-bond donors (Lipinski definition) is 1. The summed E-state index contributed by atoms with van der Waals surface area (Å²) in [4.78, 5) is 11.5. The van der Waals surface area contributed by atoms with Gasteiger partial charge in [0.25, 0.3) is 10.0 Å². The molecule has 0 atom stereocenters. The zero-order chi connectivity index (χ0) is 18.7. The molecule has 0 radical (unpaired) electrons. The molecule has 25 heavy (non-hydrogen) atoms. The zero-order valence-electron chi connectivity index (χ0n) is 13.0. The van der Waals surface area contributed by atoms with Crippen molar-refractivity contribution >= 4 is 21.5 Å². The Morgan fingerprint density at radius 1 is 1.12 bits per heavy atom. The van der Waals surface area contributed by atoms with Gasteiger partial charge in [-0.25, -0.2) is 8.42 Å². The summed E-state index contributed by atoms with van der Waals surface area (Å²) < 4.78 is 68.0. The summed E-state index contributed by atoms with van der Waals surface area (Å²) in [5.74, 6) is -0.933. The lowest BCUT2D eigenvalue weighted by Gasteiger charge is -2.15. The van der Waals surface area contributed by atoms with Crippen molar-refractivity contribution in [3.63, 3.8) is 0 Å². The van der Waals surface area contributed by atoms with Crippen LogP contribution in [0.1, 0.15) is 23.7 Å². The molecule has 0 saturated heterocycles. The van der Waals surface area contributed by atoms with E-state index in [9.17, 15) is 26.4 Å². The topological polar surface area (TPSA) is 72.5 Å². The van der Waals surface area contributed by atoms with Crippen LogP contribution in [-0.4, -0.2) is 20.6 Å². The number of carbonyl (C=O) groups is 1. The van der Waals surface area contributed by atoms with Gasteiger partial charge in [-0.3, -0.25) is 9.52 Å². The molecule has 0 bridgehead atoms. The number of ether oxygens (including phenoxy) is 1. The van der Waals surface area contributed by atoms with E-state index in [2.05, 4.69) is 4.74 Å². The van der Waals surface area contributed by atoms with Crippen molar-refractivity contribution in [2.45, 2.75) is 24.6 Å². The van der Waals surface area contributed by atoms with Gasteiger partial charge in [-0.05, 0) is 24.3 Å². The van der Waals surface area contributed by atoms with E-state index in [0.717, 1.165) is 12.1 Å². The Morgan fingerprint density at radius 3 is 2.44 bits per heavy atom. The Bertz CT molecular complexity index is 879. The van der Waals surface area contributed by atoms with E-state index >= 15 is 0 Å². The fourth-order valence-electron chi connectivity index (χ4n) is 2.01. The van der Waals surface area contributed by atoms with Crippen LogP contribution in [0.4, 0.5) is 18.9 Å². The molecule has 0 aliphatic heterocycles. The van der Waals surface area contributed by atoms with Crippen molar-refractivity contribution in [1.82, 2.24) is 0 Å². The van der Waals surface area contributed by atoms with Crippen molar-refractivity contribution in [2.24, 2.45) is 0 Å². The second-order valence-corrected chi connectivity index (χ2v) is 6.64. The van der Waals surface area contributed by atoms with E-state index in [1.165, 1.54) is 36.4 Å². The van der Waals surface area contributed by atoms with Gasteiger partial charge in [0, 0.05) is 12.0 Å². The average molecular weight is 373 g/mol. The molecule has 0 aliphatic carbocycles. The highest BCUT2D eigenvalue weighted by atomic mass is 32.2. The first-order valence-electron chi connectivity index (χ1n) is 7.13. The van der Waals surface area contributed by atoms with E-state index in [0.29, 0.717) is 0 Å². The van der Waals surface area contributed by atoms with Crippen LogP contribution in [0, 0.1) is 0 Å². The molecular weight excluding hydrogens is 359 g/mol. The normalized spacial score (nSPS) is 11.8. The van der Waals surface area contributed by atoms with E-state index in [1.54, 1.807) is 6.92 Å². The highest BCUT2D eigenvalue weighted by Gasteiger charge is 2.32. The number of para-hydroxylation sites is 2. The molecule has 134 valence electrons. The number of ketones is 1. The zero-order valence-corrected chi connectivity index (χ0v) is 13.8. The van der Waals surface area contributed by atoms with Gasteiger partial charge >= 0.3 is 6.36 Å². The summed E-state index contributed by atoms with van der Waals surface area (Å²) in [6.07, 6.45) is -4.77. The number of sulfonamides is 1. The number of Topliss-reactive ketones (excluding diaryl/α,β-unsaturated/α-hetero) is 1. The molecule has 2 aromatic carbocycles. The number of halogens is 3. The number of rotatable bonds is 6. The molecule has 0 unspecified atom stereocenters. The van der Waals surface area contributed by atoms with Crippen LogP contribution >= 0.6 is 0 Å². The van der Waals surface area contributed by atoms with Crippen LogP contribution < -0.4 is 9.46 Å². The van der Waals surface area contributed by atoms with Gasteiger partial charge < -0.3 is 4.74 Å². The van der Waals surface area contributed by atoms with Gasteiger partial charge in [-0.1, -0.05) is 31.2 Å². The van der Waals surface area contributed by atoms with E-state index < -0.39 is 22.1 Å². The minimum absolute atomic E-state index is 0.194. The van der Waals surface area contributed by atoms with Gasteiger partial charge in [-0.15, -0.1) is 13.2 Å². The molecule has 0 heterocycles. The first-order chi connectivity index (χ1) is 11.6. The monoisotopic (exact) mass is 373 g/mol. The lowest BCUT2D eigenvalue weighted by molar-refractivity contribution is -0.274. The maximum Gasteiger partial charge on any atom is 0.573 e. The van der Waals surface area contributed by atoms with Crippen molar-refractivity contribution in [3.8, 4) is 5.75 Å². The van der Waals surface area contributed by atoms with Crippen LogP contribution in [0.3, 0.4) is 0 Å². The summed E-state index contributed by atoms with van der Waals surface area (Å²) in [5, 5.41) is 0. The standard InChI is InChI=1S/C16H14F3NO4S/c1-2-14(21)11-6-5-7-12(10-11)25(22,23)20-13-8-3-4-9-15(13)24-16(17,18)19/h3-10,20H,2H2,1H3. The molecule has 2 rings (SSSR count). The number of benzene rings is 2. The molecule has 0 fully saturated rings. The quantitative estimate of drug-likeness (QED) is 0.778. The molecule has 2 aromatic rings. The van der Waals surface area contributed by atoms with E-state index in [4.69, 9.17) is 0 Å². The summed E-state index contributed by atoms with van der Waals surface area (Å²) in [7, 11) is -4.21. The Balaban J connectivity index is 2.36. The highest BCUT2D eigenvalue weighted by Crippen LogP contribution is 2.31. The van der Waals surface area contributed by atoms with Crippen molar-refractivity contribution < 1.29 is 31.1 Å². The van der Waals surface area contributed by atoms with E-state index in [1.807, 2.05) is 4.72 Å². The first kappa shape index (κ1) is 18.8. The third kappa shape index (κ3) is 4.96. The summed E-state index contributed by atoms with van der Waals surface area (Å²) in [6.45, 7) is 1.63. The molecule has 0 aliphatic rings. The molecule has 1 N–H and O–H groups in total.